The first-order valence-electron chi connectivity index (χ1n) is 4.14. The zero-order chi connectivity index (χ0) is 11.5. The normalized spacial score (nSPS) is 11.2. The van der Waals surface area contributed by atoms with Gasteiger partial charge in [0.05, 0.1) is 12.2 Å². The van der Waals surface area contributed by atoms with Crippen molar-refractivity contribution < 1.29 is 18.3 Å². The Kier molecular flexibility index (Phi) is 3.73. The smallest absolute Gasteiger partial charge is 0.382 e. The fourth-order valence-electron chi connectivity index (χ4n) is 0.923. The molecule has 0 amide bonds. The highest BCUT2D eigenvalue weighted by atomic mass is 79.9. The third-order valence-electron chi connectivity index (χ3n) is 1.60. The highest BCUT2D eigenvalue weighted by Crippen LogP contribution is 2.30. The molecule has 0 bridgehead atoms. The van der Waals surface area contributed by atoms with Crippen molar-refractivity contribution in [1.82, 2.24) is 4.98 Å². The lowest BCUT2D eigenvalue weighted by Gasteiger charge is -2.14. The molecule has 0 spiro atoms. The van der Waals surface area contributed by atoms with E-state index in [1.165, 1.54) is 13.1 Å². The highest BCUT2D eigenvalue weighted by Gasteiger charge is 2.43. The predicted molar refractivity (Wildman–Crippen MR) is 52.5 cm³/mol. The topological polar surface area (TPSA) is 39.2 Å². The Bertz CT molecular complexity index is 371. The van der Waals surface area contributed by atoms with Gasteiger partial charge in [0.1, 0.15) is 0 Å². The van der Waals surface area contributed by atoms with Crippen molar-refractivity contribution in [2.75, 3.05) is 6.61 Å². The van der Waals surface area contributed by atoms with Gasteiger partial charge in [-0.2, -0.15) is 8.78 Å². The van der Waals surface area contributed by atoms with E-state index in [0.29, 0.717) is 4.47 Å². The van der Waals surface area contributed by atoms with Gasteiger partial charge in [0.15, 0.2) is 0 Å². The van der Waals surface area contributed by atoms with Crippen molar-refractivity contribution in [1.29, 1.82) is 0 Å². The molecule has 0 radical (unpaired) electrons. The molecular weight excluding hydrogens is 272 g/mol. The number of carbonyl (C=O) groups is 1. The summed E-state index contributed by atoms with van der Waals surface area (Å²) in [4.78, 5) is 14.5. The van der Waals surface area contributed by atoms with Crippen molar-refractivity contribution >= 4 is 21.9 Å². The molecule has 0 aliphatic carbocycles. The molecule has 0 fully saturated rings. The van der Waals surface area contributed by atoms with E-state index in [0.717, 1.165) is 12.3 Å². The summed E-state index contributed by atoms with van der Waals surface area (Å²) < 4.78 is 31.4. The summed E-state index contributed by atoms with van der Waals surface area (Å²) in [7, 11) is 0. The molecule has 0 saturated heterocycles. The molecule has 0 unspecified atom stereocenters. The van der Waals surface area contributed by atoms with Crippen LogP contribution in [-0.4, -0.2) is 17.6 Å². The largest absolute Gasteiger partial charge is 0.461 e. The summed E-state index contributed by atoms with van der Waals surface area (Å²) in [6.45, 7) is 1.38. The van der Waals surface area contributed by atoms with Crippen LogP contribution in [0.1, 0.15) is 12.5 Å². The van der Waals surface area contributed by atoms with Crippen molar-refractivity contribution in [2.45, 2.75) is 12.8 Å². The number of ether oxygens (including phenoxy) is 1. The van der Waals surface area contributed by atoms with Gasteiger partial charge < -0.3 is 4.74 Å². The van der Waals surface area contributed by atoms with Crippen LogP contribution in [0.3, 0.4) is 0 Å². The van der Waals surface area contributed by atoms with Gasteiger partial charge in [-0.1, -0.05) is 0 Å². The molecular formula is C9H8BrF2NO2. The maximum Gasteiger partial charge on any atom is 0.382 e. The van der Waals surface area contributed by atoms with Crippen molar-refractivity contribution in [3.05, 3.63) is 28.5 Å². The third kappa shape index (κ3) is 2.71. The Labute approximate surface area is 93.6 Å². The van der Waals surface area contributed by atoms with Crippen LogP contribution in [0, 0.1) is 0 Å². The summed E-state index contributed by atoms with van der Waals surface area (Å²) in [6, 6.07) is 1.13. The molecule has 0 aliphatic heterocycles. The van der Waals surface area contributed by atoms with Gasteiger partial charge in [-0.05, 0) is 28.9 Å². The standard InChI is InChI=1S/C9H8BrF2NO2/c1-2-15-8(14)9(11,12)6-3-7(10)5-13-4-6/h3-5H,2H2,1H3. The minimum atomic E-state index is -3.66. The molecule has 1 aromatic heterocycles. The number of nitrogens with zero attached hydrogens (tertiary/aromatic N) is 1. The van der Waals surface area contributed by atoms with Crippen LogP contribution in [0.25, 0.3) is 0 Å². The van der Waals surface area contributed by atoms with Crippen molar-refractivity contribution in [3.8, 4) is 0 Å². The van der Waals surface area contributed by atoms with Gasteiger partial charge in [0, 0.05) is 16.9 Å². The Balaban J connectivity index is 2.99. The zero-order valence-corrected chi connectivity index (χ0v) is 9.42. The molecule has 6 heteroatoms. The highest BCUT2D eigenvalue weighted by molar-refractivity contribution is 9.10. The van der Waals surface area contributed by atoms with Gasteiger partial charge in [-0.25, -0.2) is 4.79 Å². The second kappa shape index (κ2) is 4.65. The number of esters is 1. The average molecular weight is 280 g/mol. The molecule has 1 aromatic rings. The number of halogens is 3. The van der Waals surface area contributed by atoms with Gasteiger partial charge in [0.25, 0.3) is 0 Å². The predicted octanol–water partition coefficient (Wildman–Crippen LogP) is 2.50. The second-order valence-corrected chi connectivity index (χ2v) is 3.60. The number of pyridine rings is 1. The molecule has 0 N–H and O–H groups in total. The summed E-state index contributed by atoms with van der Waals surface area (Å²) in [5.74, 6) is -5.22. The summed E-state index contributed by atoms with van der Waals surface area (Å²) in [5.41, 5.74) is -0.490. The van der Waals surface area contributed by atoms with Crippen LogP contribution < -0.4 is 0 Å². The lowest BCUT2D eigenvalue weighted by Crippen LogP contribution is -2.28. The summed E-state index contributed by atoms with van der Waals surface area (Å²) in [5, 5.41) is 0. The van der Waals surface area contributed by atoms with E-state index in [2.05, 4.69) is 25.7 Å². The Hall–Kier alpha value is -1.04. The minimum absolute atomic E-state index is 0.0874. The maximum absolute atomic E-state index is 13.4. The number of hydrogen-bond donors (Lipinski definition) is 0. The number of alkyl halides is 2. The first kappa shape index (κ1) is 12.0. The number of hydrogen-bond acceptors (Lipinski definition) is 3. The number of aromatic nitrogens is 1. The van der Waals surface area contributed by atoms with E-state index in [-0.39, 0.29) is 6.61 Å². The van der Waals surface area contributed by atoms with E-state index in [1.807, 2.05) is 0 Å². The molecule has 0 aromatic carbocycles. The average Bonchev–Trinajstić information content (AvgIpc) is 2.18. The Morgan fingerprint density at radius 2 is 2.27 bits per heavy atom. The molecule has 82 valence electrons. The SMILES string of the molecule is CCOC(=O)C(F)(F)c1cncc(Br)c1. The summed E-state index contributed by atoms with van der Waals surface area (Å²) >= 11 is 2.99. The fourth-order valence-corrected chi connectivity index (χ4v) is 1.29. The monoisotopic (exact) mass is 279 g/mol. The van der Waals surface area contributed by atoms with E-state index in [9.17, 15) is 13.6 Å². The van der Waals surface area contributed by atoms with Crippen LogP contribution in [0.5, 0.6) is 0 Å². The summed E-state index contributed by atoms with van der Waals surface area (Å²) in [6.07, 6.45) is 2.28. The first-order valence-corrected chi connectivity index (χ1v) is 4.94. The molecule has 0 atom stereocenters. The quantitative estimate of drug-likeness (QED) is 0.798. The fraction of sp³-hybridized carbons (Fsp3) is 0.333. The van der Waals surface area contributed by atoms with Gasteiger partial charge in [0.2, 0.25) is 0 Å². The molecule has 0 saturated carbocycles. The zero-order valence-electron chi connectivity index (χ0n) is 7.84. The van der Waals surface area contributed by atoms with Crippen LogP contribution in [0.4, 0.5) is 8.78 Å². The van der Waals surface area contributed by atoms with Crippen LogP contribution in [0.15, 0.2) is 22.9 Å². The molecule has 0 aliphatic rings. The molecule has 1 rings (SSSR count). The lowest BCUT2D eigenvalue weighted by atomic mass is 10.1. The Morgan fingerprint density at radius 3 is 2.80 bits per heavy atom. The number of rotatable bonds is 3. The second-order valence-electron chi connectivity index (χ2n) is 2.69. The molecule has 1 heterocycles. The van der Waals surface area contributed by atoms with Gasteiger partial charge >= 0.3 is 11.9 Å². The lowest BCUT2D eigenvalue weighted by molar-refractivity contribution is -0.173. The van der Waals surface area contributed by atoms with Crippen LogP contribution >= 0.6 is 15.9 Å². The minimum Gasteiger partial charge on any atom is -0.461 e. The van der Waals surface area contributed by atoms with Crippen LogP contribution in [-0.2, 0) is 15.5 Å². The Morgan fingerprint density at radius 1 is 1.60 bits per heavy atom. The maximum atomic E-state index is 13.4. The van der Waals surface area contributed by atoms with E-state index in [4.69, 9.17) is 0 Å². The van der Waals surface area contributed by atoms with Gasteiger partial charge in [-0.15, -0.1) is 0 Å². The van der Waals surface area contributed by atoms with Crippen molar-refractivity contribution in [3.63, 3.8) is 0 Å². The van der Waals surface area contributed by atoms with Crippen molar-refractivity contribution in [2.24, 2.45) is 0 Å². The number of carbonyl (C=O) groups excluding carboxylic acids is 1. The first-order chi connectivity index (χ1) is 6.98. The van der Waals surface area contributed by atoms with E-state index >= 15 is 0 Å². The molecule has 15 heavy (non-hydrogen) atoms. The third-order valence-corrected chi connectivity index (χ3v) is 2.03. The van der Waals surface area contributed by atoms with E-state index in [1.54, 1.807) is 0 Å². The van der Waals surface area contributed by atoms with Crippen LogP contribution in [0.2, 0.25) is 0 Å². The van der Waals surface area contributed by atoms with E-state index < -0.39 is 17.5 Å². The van der Waals surface area contributed by atoms with Gasteiger partial charge in [-0.3, -0.25) is 4.98 Å². The molecule has 3 nitrogen and oxygen atoms in total.